The number of rotatable bonds is 9. The quantitative estimate of drug-likeness (QED) is 0.481. The number of carboxylic acid groups (broad SMARTS) is 2. The van der Waals surface area contributed by atoms with Crippen molar-refractivity contribution in [2.24, 2.45) is 0 Å². The fourth-order valence-electron chi connectivity index (χ4n) is 1.37. The highest BCUT2D eigenvalue weighted by molar-refractivity contribution is 5.82. The van der Waals surface area contributed by atoms with Gasteiger partial charge in [0.05, 0.1) is 19.3 Å². The Labute approximate surface area is 120 Å². The Morgan fingerprint density at radius 2 is 1.29 bits per heavy atom. The topological polar surface area (TPSA) is 147 Å². The van der Waals surface area contributed by atoms with Crippen molar-refractivity contribution in [3.05, 3.63) is 0 Å². The maximum absolute atomic E-state index is 11.4. The minimum absolute atomic E-state index is 0.401. The van der Waals surface area contributed by atoms with Crippen molar-refractivity contribution >= 4 is 23.9 Å². The van der Waals surface area contributed by atoms with E-state index in [0.717, 1.165) is 0 Å². The first kappa shape index (κ1) is 18.8. The van der Waals surface area contributed by atoms with Gasteiger partial charge in [0.1, 0.15) is 12.2 Å². The molecule has 0 saturated heterocycles. The molecule has 0 saturated carbocycles. The summed E-state index contributed by atoms with van der Waals surface area (Å²) in [6, 6.07) is 0. The molecule has 0 aliphatic heterocycles. The molecular formula is C12H18O9. The van der Waals surface area contributed by atoms with Gasteiger partial charge in [0.25, 0.3) is 0 Å². The van der Waals surface area contributed by atoms with E-state index in [1.807, 2.05) is 0 Å². The Kier molecular flexibility index (Phi) is 7.99. The van der Waals surface area contributed by atoms with Gasteiger partial charge in [-0.15, -0.1) is 0 Å². The van der Waals surface area contributed by atoms with Crippen molar-refractivity contribution in [3.8, 4) is 0 Å². The molecule has 3 N–H and O–H groups in total. The molecule has 3 unspecified atom stereocenters. The van der Waals surface area contributed by atoms with E-state index < -0.39 is 61.5 Å². The molecule has 9 heteroatoms. The van der Waals surface area contributed by atoms with Crippen LogP contribution in [0.3, 0.4) is 0 Å². The van der Waals surface area contributed by atoms with Crippen molar-refractivity contribution in [1.82, 2.24) is 0 Å². The van der Waals surface area contributed by atoms with Gasteiger partial charge < -0.3 is 24.8 Å². The number of aliphatic hydroxyl groups excluding tert-OH is 1. The first-order chi connectivity index (χ1) is 9.61. The van der Waals surface area contributed by atoms with Crippen LogP contribution in [-0.2, 0) is 28.7 Å². The minimum Gasteiger partial charge on any atom is -0.481 e. The molecule has 3 atom stereocenters. The van der Waals surface area contributed by atoms with E-state index in [4.69, 9.17) is 10.2 Å². The molecule has 0 heterocycles. The van der Waals surface area contributed by atoms with Gasteiger partial charge in [-0.25, -0.2) is 4.79 Å². The predicted octanol–water partition coefficient (Wildman–Crippen LogP) is -0.450. The number of ether oxygens (including phenoxy) is 2. The van der Waals surface area contributed by atoms with E-state index in [1.165, 1.54) is 13.8 Å². The minimum atomic E-state index is -1.80. The summed E-state index contributed by atoms with van der Waals surface area (Å²) in [7, 11) is 0. The molecule has 9 nitrogen and oxygen atoms in total. The third kappa shape index (κ3) is 9.38. The van der Waals surface area contributed by atoms with Gasteiger partial charge in [0, 0.05) is 0 Å². The van der Waals surface area contributed by atoms with Crippen molar-refractivity contribution in [2.45, 2.75) is 51.4 Å². The zero-order chi connectivity index (χ0) is 16.6. The number of aliphatic hydroxyl groups is 1. The monoisotopic (exact) mass is 306 g/mol. The van der Waals surface area contributed by atoms with Gasteiger partial charge in [-0.2, -0.15) is 0 Å². The summed E-state index contributed by atoms with van der Waals surface area (Å²) in [5.41, 5.74) is 0. The Morgan fingerprint density at radius 3 is 1.71 bits per heavy atom. The lowest BCUT2D eigenvalue weighted by molar-refractivity contribution is -0.167. The second-order valence-electron chi connectivity index (χ2n) is 4.46. The average Bonchev–Trinajstić information content (AvgIpc) is 2.25. The first-order valence-electron chi connectivity index (χ1n) is 6.13. The normalized spacial score (nSPS) is 14.6. The summed E-state index contributed by atoms with van der Waals surface area (Å²) < 4.78 is 9.29. The number of hydrogen-bond donors (Lipinski definition) is 3. The van der Waals surface area contributed by atoms with Crippen LogP contribution in [0.5, 0.6) is 0 Å². The van der Waals surface area contributed by atoms with Crippen LogP contribution >= 0.6 is 0 Å². The third-order valence-corrected chi connectivity index (χ3v) is 2.21. The molecule has 0 spiro atoms. The second-order valence-corrected chi connectivity index (χ2v) is 4.46. The molecule has 0 aromatic heterocycles. The third-order valence-electron chi connectivity index (χ3n) is 2.21. The number of carbonyl (C=O) groups is 4. The van der Waals surface area contributed by atoms with Crippen LogP contribution in [-0.4, -0.2) is 57.5 Å². The number of hydrogen-bond acceptors (Lipinski definition) is 7. The van der Waals surface area contributed by atoms with Crippen molar-refractivity contribution in [2.75, 3.05) is 0 Å². The van der Waals surface area contributed by atoms with E-state index in [9.17, 15) is 24.3 Å². The second kappa shape index (κ2) is 8.90. The SMILES string of the molecule is CC(CC(=O)O)OC(=O)CC(O)C(=O)OC(C)CC(=O)O. The Bertz CT molecular complexity index is 404. The number of carboxylic acids is 2. The lowest BCUT2D eigenvalue weighted by Crippen LogP contribution is -2.31. The van der Waals surface area contributed by atoms with E-state index in [-0.39, 0.29) is 0 Å². The summed E-state index contributed by atoms with van der Waals surface area (Å²) in [6.45, 7) is 2.68. The molecule has 0 aliphatic rings. The summed E-state index contributed by atoms with van der Waals surface area (Å²) in [6.07, 6.45) is -5.19. The van der Waals surface area contributed by atoms with E-state index in [1.54, 1.807) is 0 Å². The van der Waals surface area contributed by atoms with Crippen LogP contribution in [0, 0.1) is 0 Å². The molecule has 0 aliphatic carbocycles. The maximum Gasteiger partial charge on any atom is 0.335 e. The van der Waals surface area contributed by atoms with Crippen molar-refractivity contribution < 1.29 is 44.0 Å². The van der Waals surface area contributed by atoms with E-state index >= 15 is 0 Å². The number of aliphatic carboxylic acids is 2. The highest BCUT2D eigenvalue weighted by Crippen LogP contribution is 2.06. The van der Waals surface area contributed by atoms with Crippen LogP contribution in [0.15, 0.2) is 0 Å². The highest BCUT2D eigenvalue weighted by atomic mass is 16.6. The summed E-state index contributed by atoms with van der Waals surface area (Å²) in [5.74, 6) is -4.44. The van der Waals surface area contributed by atoms with E-state index in [2.05, 4.69) is 9.47 Å². The summed E-state index contributed by atoms with van der Waals surface area (Å²) >= 11 is 0. The summed E-state index contributed by atoms with van der Waals surface area (Å²) in [5, 5.41) is 26.4. The molecule has 0 aromatic carbocycles. The zero-order valence-electron chi connectivity index (χ0n) is 11.6. The Hall–Kier alpha value is -2.16. The first-order valence-corrected chi connectivity index (χ1v) is 6.13. The highest BCUT2D eigenvalue weighted by Gasteiger charge is 2.25. The van der Waals surface area contributed by atoms with Gasteiger partial charge in [-0.3, -0.25) is 14.4 Å². The van der Waals surface area contributed by atoms with Crippen molar-refractivity contribution in [1.29, 1.82) is 0 Å². The predicted molar refractivity (Wildman–Crippen MR) is 66.2 cm³/mol. The van der Waals surface area contributed by atoms with Gasteiger partial charge in [-0.05, 0) is 13.8 Å². The lowest BCUT2D eigenvalue weighted by atomic mass is 10.2. The standard InChI is InChI=1S/C12H18O9/c1-6(3-9(14)15)20-11(18)5-8(13)12(19)21-7(2)4-10(16)17/h6-8,13H,3-5H2,1-2H3,(H,14,15)(H,16,17). The lowest BCUT2D eigenvalue weighted by Gasteiger charge is -2.15. The van der Waals surface area contributed by atoms with Crippen LogP contribution in [0.25, 0.3) is 0 Å². The Morgan fingerprint density at radius 1 is 0.857 bits per heavy atom. The van der Waals surface area contributed by atoms with E-state index in [0.29, 0.717) is 0 Å². The van der Waals surface area contributed by atoms with Gasteiger partial charge in [0.2, 0.25) is 0 Å². The fraction of sp³-hybridized carbons (Fsp3) is 0.667. The molecule has 0 aromatic rings. The molecule has 120 valence electrons. The van der Waals surface area contributed by atoms with Gasteiger partial charge in [-0.1, -0.05) is 0 Å². The largest absolute Gasteiger partial charge is 0.481 e. The van der Waals surface area contributed by atoms with Crippen molar-refractivity contribution in [3.63, 3.8) is 0 Å². The fourth-order valence-corrected chi connectivity index (χ4v) is 1.37. The van der Waals surface area contributed by atoms with Crippen LogP contribution in [0.1, 0.15) is 33.1 Å². The number of carbonyl (C=O) groups excluding carboxylic acids is 2. The maximum atomic E-state index is 11.4. The molecule has 0 amide bonds. The number of esters is 2. The molecule has 21 heavy (non-hydrogen) atoms. The molecule has 0 bridgehead atoms. The molecule has 0 fully saturated rings. The summed E-state index contributed by atoms with van der Waals surface area (Å²) in [4.78, 5) is 43.4. The van der Waals surface area contributed by atoms with Gasteiger partial charge >= 0.3 is 23.9 Å². The van der Waals surface area contributed by atoms with Crippen LogP contribution in [0.2, 0.25) is 0 Å². The van der Waals surface area contributed by atoms with Crippen LogP contribution < -0.4 is 0 Å². The zero-order valence-corrected chi connectivity index (χ0v) is 11.6. The Balaban J connectivity index is 4.19. The molecule has 0 rings (SSSR count). The van der Waals surface area contributed by atoms with Gasteiger partial charge in [0.15, 0.2) is 6.10 Å². The van der Waals surface area contributed by atoms with Crippen LogP contribution in [0.4, 0.5) is 0 Å². The molecular weight excluding hydrogens is 288 g/mol. The average molecular weight is 306 g/mol. The molecule has 0 radical (unpaired) electrons. The smallest absolute Gasteiger partial charge is 0.335 e.